The number of hydrogen-bond donors (Lipinski definition) is 3. The molecule has 232 valence electrons. The van der Waals surface area contributed by atoms with Crippen LogP contribution in [0, 0.1) is 0 Å². The zero-order chi connectivity index (χ0) is 30.8. The molecule has 2 aromatic rings. The number of ether oxygens (including phenoxy) is 2. The fraction of sp³-hybridized carbons (Fsp3) is 0.448. The average molecular weight is 621 g/mol. The van der Waals surface area contributed by atoms with E-state index in [1.807, 2.05) is 18.2 Å². The molecule has 5 rings (SSSR count). The highest BCUT2D eigenvalue weighted by molar-refractivity contribution is 7.52. The Morgan fingerprint density at radius 2 is 1.98 bits per heavy atom. The third kappa shape index (κ3) is 6.91. The van der Waals surface area contributed by atoms with E-state index in [2.05, 4.69) is 16.7 Å². The van der Waals surface area contributed by atoms with E-state index in [1.54, 1.807) is 24.3 Å². The third-order valence-electron chi connectivity index (χ3n) is 7.51. The smallest absolute Gasteiger partial charge is 0.459 e. The van der Waals surface area contributed by atoms with Crippen LogP contribution < -0.4 is 15.3 Å². The number of hydrogen-bond acceptors (Lipinski definition) is 10. The molecule has 1 aliphatic carbocycles. The predicted molar refractivity (Wildman–Crippen MR) is 155 cm³/mol. The summed E-state index contributed by atoms with van der Waals surface area (Å²) < 4.78 is 67.1. The molecule has 0 radical (unpaired) electrons. The summed E-state index contributed by atoms with van der Waals surface area (Å²) in [4.78, 5) is 17.7. The van der Waals surface area contributed by atoms with Crippen molar-refractivity contribution in [2.24, 2.45) is 10.7 Å². The van der Waals surface area contributed by atoms with Crippen LogP contribution in [-0.4, -0.2) is 64.9 Å². The monoisotopic (exact) mass is 620 g/mol. The van der Waals surface area contributed by atoms with Crippen molar-refractivity contribution in [2.75, 3.05) is 6.61 Å². The third-order valence-corrected chi connectivity index (χ3v) is 9.14. The van der Waals surface area contributed by atoms with E-state index >= 15 is 8.78 Å². The Kier molecular flexibility index (Phi) is 9.19. The van der Waals surface area contributed by atoms with E-state index in [0.29, 0.717) is 5.39 Å². The quantitative estimate of drug-likeness (QED) is 0.255. The first-order chi connectivity index (χ1) is 20.5. The highest BCUT2D eigenvalue weighted by atomic mass is 31.2. The van der Waals surface area contributed by atoms with Crippen LogP contribution in [0.2, 0.25) is 0 Å². The summed E-state index contributed by atoms with van der Waals surface area (Å²) in [6, 6.07) is 11.1. The number of esters is 1. The Morgan fingerprint density at radius 3 is 2.72 bits per heavy atom. The van der Waals surface area contributed by atoms with Gasteiger partial charge in [0.1, 0.15) is 35.7 Å². The van der Waals surface area contributed by atoms with Crippen molar-refractivity contribution < 1.29 is 41.8 Å². The van der Waals surface area contributed by atoms with Crippen LogP contribution in [0.4, 0.5) is 8.78 Å². The van der Waals surface area contributed by atoms with E-state index in [-0.39, 0.29) is 23.5 Å². The Hall–Kier alpha value is -3.35. The molecule has 1 saturated heterocycles. The second-order valence-electron chi connectivity index (χ2n) is 10.7. The summed E-state index contributed by atoms with van der Waals surface area (Å²) >= 11 is 0. The van der Waals surface area contributed by atoms with Gasteiger partial charge in [-0.2, -0.15) is 13.9 Å². The number of aliphatic hydroxyl groups excluding tert-OH is 1. The molecule has 43 heavy (non-hydrogen) atoms. The van der Waals surface area contributed by atoms with Gasteiger partial charge in [0.25, 0.3) is 0 Å². The van der Waals surface area contributed by atoms with E-state index in [1.165, 1.54) is 19.2 Å². The second-order valence-corrected chi connectivity index (χ2v) is 12.4. The van der Waals surface area contributed by atoms with Gasteiger partial charge in [0.05, 0.1) is 6.61 Å². The van der Waals surface area contributed by atoms with Crippen molar-refractivity contribution in [1.29, 1.82) is 0 Å². The number of amidine groups is 1. The van der Waals surface area contributed by atoms with Gasteiger partial charge in [-0.3, -0.25) is 9.32 Å². The maximum Gasteiger partial charge on any atom is 0.459 e. The van der Waals surface area contributed by atoms with Gasteiger partial charge in [-0.1, -0.05) is 49.4 Å². The molecule has 1 saturated carbocycles. The maximum absolute atomic E-state index is 15.2. The Labute approximate surface area is 247 Å². The maximum atomic E-state index is 15.2. The van der Waals surface area contributed by atoms with Crippen molar-refractivity contribution >= 4 is 30.3 Å². The number of aliphatic hydroxyl groups is 1. The molecule has 5 atom stereocenters. The lowest BCUT2D eigenvalue weighted by Gasteiger charge is -2.31. The number of rotatable bonds is 10. The van der Waals surface area contributed by atoms with Crippen LogP contribution in [0.15, 0.2) is 72.1 Å². The van der Waals surface area contributed by atoms with Crippen LogP contribution in [0.3, 0.4) is 0 Å². The SMILES string of the molecule is C=C1N=C(N)C=CN1[C@@H]1O[C@H](COP(=O)(N[C@@H](C)C(=O)OC2CCCCC2)Oc2cccc3ccccc23)C(O)C1(F)F. The lowest BCUT2D eigenvalue weighted by atomic mass is 9.98. The van der Waals surface area contributed by atoms with E-state index in [0.717, 1.165) is 42.4 Å². The normalized spacial score (nSPS) is 26.1. The largest absolute Gasteiger partial charge is 0.461 e. The number of aliphatic imine (C=N–C) groups is 1. The molecule has 2 heterocycles. The molecule has 2 fully saturated rings. The fourth-order valence-electron chi connectivity index (χ4n) is 5.21. The van der Waals surface area contributed by atoms with E-state index in [4.69, 9.17) is 24.3 Å². The van der Waals surface area contributed by atoms with Gasteiger partial charge in [-0.25, -0.2) is 9.56 Å². The average Bonchev–Trinajstić information content (AvgIpc) is 3.20. The molecular weight excluding hydrogens is 585 g/mol. The highest BCUT2D eigenvalue weighted by Gasteiger charge is 2.61. The van der Waals surface area contributed by atoms with Gasteiger partial charge in [-0.05, 0) is 50.1 Å². The lowest BCUT2D eigenvalue weighted by molar-refractivity contribution is -0.152. The topological polar surface area (TPSA) is 145 Å². The number of halogens is 2. The number of carbonyl (C=O) groups is 1. The zero-order valence-corrected chi connectivity index (χ0v) is 24.5. The van der Waals surface area contributed by atoms with Gasteiger partial charge in [0, 0.05) is 11.6 Å². The van der Waals surface area contributed by atoms with Crippen LogP contribution in [0.1, 0.15) is 39.0 Å². The van der Waals surface area contributed by atoms with Crippen LogP contribution in [0.25, 0.3) is 10.8 Å². The van der Waals surface area contributed by atoms with E-state index in [9.17, 15) is 14.5 Å². The van der Waals surface area contributed by atoms with Crippen LogP contribution in [0.5, 0.6) is 5.75 Å². The van der Waals surface area contributed by atoms with Crippen molar-refractivity contribution in [1.82, 2.24) is 9.99 Å². The van der Waals surface area contributed by atoms with Crippen LogP contribution in [-0.2, 0) is 23.4 Å². The van der Waals surface area contributed by atoms with Gasteiger partial charge in [0.2, 0.25) is 6.23 Å². The molecular formula is C29H35F2N4O7P. The Balaban J connectivity index is 1.34. The van der Waals surface area contributed by atoms with Crippen molar-refractivity contribution in [3.05, 3.63) is 67.1 Å². The highest BCUT2D eigenvalue weighted by Crippen LogP contribution is 2.48. The summed E-state index contributed by atoms with van der Waals surface area (Å²) in [5.74, 6) is -4.33. The molecule has 0 amide bonds. The lowest BCUT2D eigenvalue weighted by Crippen LogP contribution is -2.47. The Morgan fingerprint density at radius 1 is 1.26 bits per heavy atom. The molecule has 4 N–H and O–H groups in total. The van der Waals surface area contributed by atoms with Gasteiger partial charge in [-0.15, -0.1) is 0 Å². The van der Waals surface area contributed by atoms with Gasteiger partial charge >= 0.3 is 19.6 Å². The number of benzene rings is 2. The summed E-state index contributed by atoms with van der Waals surface area (Å²) in [6.07, 6.45) is 0.718. The first-order valence-electron chi connectivity index (χ1n) is 14.1. The fourth-order valence-corrected chi connectivity index (χ4v) is 6.73. The molecule has 2 unspecified atom stereocenters. The number of alkyl halides is 2. The minimum Gasteiger partial charge on any atom is -0.461 e. The van der Waals surface area contributed by atoms with Crippen LogP contribution >= 0.6 is 7.75 Å². The molecule has 14 heteroatoms. The predicted octanol–water partition coefficient (Wildman–Crippen LogP) is 4.58. The number of carbonyl (C=O) groups excluding carboxylic acids is 1. The molecule has 3 aliphatic rings. The molecule has 0 aromatic heterocycles. The first kappa shape index (κ1) is 31.1. The zero-order valence-electron chi connectivity index (χ0n) is 23.6. The summed E-state index contributed by atoms with van der Waals surface area (Å²) in [5, 5.41) is 14.5. The standard InChI is InChI=1S/C29H35F2N4O7P/c1-18(27(37)40-21-11-4-3-5-12-21)34-43(38,42-23-14-8-10-20-9-6-7-13-22(20)23)39-17-24-26(36)29(30,31)28(41-24)35-16-15-25(32)33-19(35)2/h6-10,13-16,18,21,24,26,28,36H,2-5,11-12,17H2,1H3,(H2,32,33)(H,34,38)/t18-,24+,26?,28+,43?/m0/s1. The second kappa shape index (κ2) is 12.7. The minimum atomic E-state index is -4.47. The number of nitrogens with two attached hydrogens (primary N) is 1. The summed E-state index contributed by atoms with van der Waals surface area (Å²) in [5.41, 5.74) is 5.61. The molecule has 0 bridgehead atoms. The molecule has 11 nitrogen and oxygen atoms in total. The van der Waals surface area contributed by atoms with Crippen molar-refractivity contribution in [2.45, 2.75) is 75.5 Å². The minimum absolute atomic E-state index is 0.0664. The van der Waals surface area contributed by atoms with Crippen molar-refractivity contribution in [3.8, 4) is 5.75 Å². The number of nitrogens with one attached hydrogen (secondary N) is 1. The van der Waals surface area contributed by atoms with Crippen molar-refractivity contribution in [3.63, 3.8) is 0 Å². The number of nitrogens with zero attached hydrogens (tertiary/aromatic N) is 2. The Bertz CT molecular complexity index is 1460. The molecule has 2 aromatic carbocycles. The summed E-state index contributed by atoms with van der Waals surface area (Å²) in [6.45, 7) is 4.28. The summed E-state index contributed by atoms with van der Waals surface area (Å²) in [7, 11) is -4.47. The molecule has 0 spiro atoms. The van der Waals surface area contributed by atoms with E-state index < -0.39 is 50.7 Å². The first-order valence-corrected chi connectivity index (χ1v) is 15.6. The van der Waals surface area contributed by atoms with Gasteiger partial charge < -0.3 is 29.7 Å². The van der Waals surface area contributed by atoms with Gasteiger partial charge in [0.15, 0.2) is 6.10 Å². The molecule has 2 aliphatic heterocycles. The number of fused-ring (bicyclic) bond motifs is 1.